The molecule has 6 nitrogen and oxygen atoms in total. The summed E-state index contributed by atoms with van der Waals surface area (Å²) in [4.78, 5) is 26.6. The number of hydrogen-bond acceptors (Lipinski definition) is 5. The molecule has 1 fully saturated rings. The van der Waals surface area contributed by atoms with Gasteiger partial charge in [0.1, 0.15) is 6.04 Å². The molecule has 0 spiro atoms. The highest BCUT2D eigenvalue weighted by molar-refractivity contribution is 5.84. The standard InChI is InChI=1S/C19H29N3O3/c1-6-7-10-19(20-21-19)11-8-16(23)22-12-9-14(18(2,3)4)13-15(22)17(24)25-5/h1,14-15H,7-13H2,2-5H3/t14-,15+/m1/s1. The van der Waals surface area contributed by atoms with E-state index in [-0.39, 0.29) is 17.3 Å². The number of hydrogen-bond donors (Lipinski definition) is 0. The molecule has 1 saturated heterocycles. The fourth-order valence-electron chi connectivity index (χ4n) is 3.53. The van der Waals surface area contributed by atoms with E-state index in [0.717, 1.165) is 6.42 Å². The average molecular weight is 347 g/mol. The van der Waals surface area contributed by atoms with Crippen LogP contribution in [0.1, 0.15) is 59.3 Å². The molecule has 0 unspecified atom stereocenters. The van der Waals surface area contributed by atoms with Gasteiger partial charge in [-0.1, -0.05) is 20.8 Å². The summed E-state index contributed by atoms with van der Waals surface area (Å²) in [5.41, 5.74) is -0.362. The van der Waals surface area contributed by atoms with Gasteiger partial charge >= 0.3 is 5.97 Å². The van der Waals surface area contributed by atoms with Crippen molar-refractivity contribution in [1.29, 1.82) is 0 Å². The molecule has 2 atom stereocenters. The maximum absolute atomic E-state index is 12.7. The lowest BCUT2D eigenvalue weighted by Gasteiger charge is -2.42. The molecule has 25 heavy (non-hydrogen) atoms. The van der Waals surface area contributed by atoms with Crippen molar-refractivity contribution in [2.75, 3.05) is 13.7 Å². The minimum Gasteiger partial charge on any atom is -0.467 e. The van der Waals surface area contributed by atoms with Gasteiger partial charge in [-0.25, -0.2) is 4.79 Å². The zero-order valence-corrected chi connectivity index (χ0v) is 15.7. The van der Waals surface area contributed by atoms with E-state index >= 15 is 0 Å². The van der Waals surface area contributed by atoms with E-state index in [2.05, 4.69) is 36.9 Å². The van der Waals surface area contributed by atoms with Crippen molar-refractivity contribution >= 4 is 11.9 Å². The first kappa shape index (κ1) is 19.4. The third-order valence-electron chi connectivity index (χ3n) is 5.41. The Hall–Kier alpha value is -1.90. The zero-order valence-electron chi connectivity index (χ0n) is 15.7. The molecular formula is C19H29N3O3. The minimum atomic E-state index is -0.495. The maximum Gasteiger partial charge on any atom is 0.328 e. The molecule has 0 aromatic rings. The normalized spacial score (nSPS) is 24.5. The lowest BCUT2D eigenvalue weighted by atomic mass is 9.73. The van der Waals surface area contributed by atoms with Gasteiger partial charge in [0.15, 0.2) is 5.66 Å². The van der Waals surface area contributed by atoms with E-state index in [1.165, 1.54) is 7.11 Å². The van der Waals surface area contributed by atoms with E-state index in [1.54, 1.807) is 4.90 Å². The van der Waals surface area contributed by atoms with Gasteiger partial charge in [-0.2, -0.15) is 10.2 Å². The molecule has 0 aliphatic carbocycles. The Morgan fingerprint density at radius 3 is 2.52 bits per heavy atom. The van der Waals surface area contributed by atoms with Gasteiger partial charge < -0.3 is 9.64 Å². The Balaban J connectivity index is 1.97. The Morgan fingerprint density at radius 1 is 1.32 bits per heavy atom. The summed E-state index contributed by atoms with van der Waals surface area (Å²) in [6, 6.07) is -0.495. The van der Waals surface area contributed by atoms with Crippen molar-refractivity contribution in [2.24, 2.45) is 21.6 Å². The number of rotatable bonds is 6. The van der Waals surface area contributed by atoms with Gasteiger partial charge in [-0.05, 0) is 24.2 Å². The van der Waals surface area contributed by atoms with Crippen LogP contribution in [-0.2, 0) is 14.3 Å². The lowest BCUT2D eigenvalue weighted by molar-refractivity contribution is -0.156. The SMILES string of the molecule is C#CCCC1(CCC(=O)N2CC[C@@H](C(C)(C)C)C[C@H]2C(=O)OC)N=N1. The molecule has 0 N–H and O–H groups in total. The summed E-state index contributed by atoms with van der Waals surface area (Å²) >= 11 is 0. The second-order valence-electron chi connectivity index (χ2n) is 8.10. The molecule has 0 aromatic heterocycles. The molecule has 2 rings (SSSR count). The smallest absolute Gasteiger partial charge is 0.328 e. The molecule has 0 bridgehead atoms. The van der Waals surface area contributed by atoms with Gasteiger partial charge in [-0.3, -0.25) is 4.79 Å². The van der Waals surface area contributed by atoms with Crippen molar-refractivity contribution in [2.45, 2.75) is 71.0 Å². The van der Waals surface area contributed by atoms with Crippen molar-refractivity contribution in [3.05, 3.63) is 0 Å². The predicted molar refractivity (Wildman–Crippen MR) is 94.6 cm³/mol. The largest absolute Gasteiger partial charge is 0.467 e. The molecule has 0 aromatic carbocycles. The minimum absolute atomic E-state index is 0.0276. The van der Waals surface area contributed by atoms with Crippen LogP contribution in [0.15, 0.2) is 10.2 Å². The summed E-state index contributed by atoms with van der Waals surface area (Å²) in [5, 5.41) is 8.14. The van der Waals surface area contributed by atoms with Gasteiger partial charge in [0.2, 0.25) is 5.91 Å². The van der Waals surface area contributed by atoms with Crippen LogP contribution < -0.4 is 0 Å². The number of carbonyl (C=O) groups is 2. The number of piperidine rings is 1. The van der Waals surface area contributed by atoms with E-state index in [9.17, 15) is 9.59 Å². The number of ether oxygens (including phenoxy) is 1. The number of terminal acetylenes is 1. The highest BCUT2D eigenvalue weighted by Crippen LogP contribution is 2.39. The van der Waals surface area contributed by atoms with Gasteiger partial charge in [-0.15, -0.1) is 12.3 Å². The summed E-state index contributed by atoms with van der Waals surface area (Å²) in [6.45, 7) is 7.12. The summed E-state index contributed by atoms with van der Waals surface area (Å²) in [6.07, 6.45) is 9.01. The number of esters is 1. The third kappa shape index (κ3) is 4.81. The molecule has 1 amide bonds. The fraction of sp³-hybridized carbons (Fsp3) is 0.789. The highest BCUT2D eigenvalue weighted by atomic mass is 16.5. The second kappa shape index (κ2) is 7.55. The number of likely N-dealkylation sites (tertiary alicyclic amines) is 1. The molecule has 2 heterocycles. The van der Waals surface area contributed by atoms with Crippen LogP contribution in [0, 0.1) is 23.7 Å². The Kier molecular flexibility index (Phi) is 5.87. The molecule has 138 valence electrons. The molecular weight excluding hydrogens is 318 g/mol. The third-order valence-corrected chi connectivity index (χ3v) is 5.41. The average Bonchev–Trinajstić information content (AvgIpc) is 3.36. The van der Waals surface area contributed by atoms with Crippen LogP contribution in [0.25, 0.3) is 0 Å². The molecule has 0 saturated carbocycles. The second-order valence-corrected chi connectivity index (χ2v) is 8.10. The van der Waals surface area contributed by atoms with Gasteiger partial charge in [0.05, 0.1) is 7.11 Å². The van der Waals surface area contributed by atoms with Crippen LogP contribution in [0.4, 0.5) is 0 Å². The van der Waals surface area contributed by atoms with Crippen molar-refractivity contribution in [3.63, 3.8) is 0 Å². The molecule has 6 heteroatoms. The van der Waals surface area contributed by atoms with Gasteiger partial charge in [0.25, 0.3) is 0 Å². The number of carbonyl (C=O) groups excluding carboxylic acids is 2. The first-order valence-electron chi connectivity index (χ1n) is 8.97. The highest BCUT2D eigenvalue weighted by Gasteiger charge is 2.43. The Morgan fingerprint density at radius 2 is 2.00 bits per heavy atom. The number of amides is 1. The topological polar surface area (TPSA) is 71.3 Å². The van der Waals surface area contributed by atoms with Crippen LogP contribution in [0.2, 0.25) is 0 Å². The maximum atomic E-state index is 12.7. The monoisotopic (exact) mass is 347 g/mol. The molecule has 2 aliphatic heterocycles. The lowest BCUT2D eigenvalue weighted by Crippen LogP contribution is -2.52. The first-order valence-corrected chi connectivity index (χ1v) is 8.97. The summed E-state index contributed by atoms with van der Waals surface area (Å²) in [5.74, 6) is 2.62. The number of nitrogens with zero attached hydrogens (tertiary/aromatic N) is 3. The van der Waals surface area contributed by atoms with Crippen molar-refractivity contribution in [1.82, 2.24) is 4.90 Å². The quantitative estimate of drug-likeness (QED) is 0.547. The van der Waals surface area contributed by atoms with Crippen molar-refractivity contribution < 1.29 is 14.3 Å². The van der Waals surface area contributed by atoms with E-state index in [4.69, 9.17) is 11.2 Å². The zero-order chi connectivity index (χ0) is 18.7. The predicted octanol–water partition coefficient (Wildman–Crippen LogP) is 3.17. The van der Waals surface area contributed by atoms with Crippen LogP contribution in [0.3, 0.4) is 0 Å². The Bertz CT molecular complexity index is 580. The van der Waals surface area contributed by atoms with E-state index in [0.29, 0.717) is 44.6 Å². The van der Waals surface area contributed by atoms with Crippen LogP contribution >= 0.6 is 0 Å². The van der Waals surface area contributed by atoms with E-state index < -0.39 is 11.7 Å². The summed E-state index contributed by atoms with van der Waals surface area (Å²) < 4.78 is 4.95. The first-order chi connectivity index (χ1) is 11.7. The Labute approximate surface area is 150 Å². The molecule has 0 radical (unpaired) electrons. The molecule has 2 aliphatic rings. The van der Waals surface area contributed by atoms with Crippen LogP contribution in [0.5, 0.6) is 0 Å². The van der Waals surface area contributed by atoms with Crippen molar-refractivity contribution in [3.8, 4) is 12.3 Å². The van der Waals surface area contributed by atoms with E-state index in [1.807, 2.05) is 0 Å². The fourth-order valence-corrected chi connectivity index (χ4v) is 3.53. The number of methoxy groups -OCH3 is 1. The van der Waals surface area contributed by atoms with Gasteiger partial charge in [0, 0.05) is 32.2 Å². The van der Waals surface area contributed by atoms with Crippen LogP contribution in [-0.4, -0.2) is 42.1 Å². The summed E-state index contributed by atoms with van der Waals surface area (Å²) in [7, 11) is 1.38.